The number of piperazine rings is 1. The van der Waals surface area contributed by atoms with Crippen LogP contribution in [0.25, 0.3) is 44.7 Å². The molecule has 3 N–H and O–H groups in total. The lowest BCUT2D eigenvalue weighted by Crippen LogP contribution is -2.50. The fourth-order valence-corrected chi connectivity index (χ4v) is 10.4. The van der Waals surface area contributed by atoms with Gasteiger partial charge in [-0.05, 0) is 77.0 Å². The van der Waals surface area contributed by atoms with Gasteiger partial charge < -0.3 is 29.7 Å². The van der Waals surface area contributed by atoms with Gasteiger partial charge in [0.2, 0.25) is 5.91 Å². The summed E-state index contributed by atoms with van der Waals surface area (Å²) in [5.74, 6) is 1.46. The molecule has 1 aromatic carbocycles. The summed E-state index contributed by atoms with van der Waals surface area (Å²) in [6, 6.07) is 2.98. The molecule has 5 aliphatic rings. The Morgan fingerprint density at radius 3 is 2.39 bits per heavy atom. The number of aryl methyl sites for hydroxylation is 2. The zero-order chi connectivity index (χ0) is 49.5. The lowest BCUT2D eigenvalue weighted by molar-refractivity contribution is -0.136. The maximum absolute atomic E-state index is 16.1. The number of likely N-dealkylation sites (tertiary alicyclic amines) is 2. The first kappa shape index (κ1) is 46.1. The zero-order valence-electron chi connectivity index (χ0n) is 40.5. The van der Waals surface area contributed by atoms with Crippen LogP contribution in [0.15, 0.2) is 29.2 Å². The van der Waals surface area contributed by atoms with Gasteiger partial charge in [-0.25, -0.2) is 38.6 Å². The third kappa shape index (κ3) is 8.52. The van der Waals surface area contributed by atoms with Gasteiger partial charge in [0.15, 0.2) is 35.5 Å². The van der Waals surface area contributed by atoms with E-state index in [9.17, 15) is 19.2 Å². The number of rotatable bonds is 10. The number of nitrogens with two attached hydrogens (primary N) is 1. The highest BCUT2D eigenvalue weighted by Crippen LogP contribution is 2.48. The fraction of sp³-hybridized carbons (Fsp3) is 0.521. The molecule has 5 amide bonds. The molecule has 0 unspecified atom stereocenters. The van der Waals surface area contributed by atoms with Gasteiger partial charge in [0.1, 0.15) is 29.0 Å². The minimum Gasteiger partial charge on any atom is -0.439 e. The molecule has 22 nitrogen and oxygen atoms in total. The highest BCUT2D eigenvalue weighted by Gasteiger charge is 2.39. The average Bonchev–Trinajstić information content (AvgIpc) is 3.79. The molecule has 9 heterocycles. The monoisotopic (exact) mass is 972 g/mol. The second kappa shape index (κ2) is 17.8. The molecule has 1 saturated carbocycles. The molecular weight excluding hydrogens is 916 g/mol. The number of benzene rings is 1. The van der Waals surface area contributed by atoms with E-state index in [0.717, 1.165) is 56.6 Å². The highest BCUT2D eigenvalue weighted by molar-refractivity contribution is 6.09. The summed E-state index contributed by atoms with van der Waals surface area (Å²) < 4.78 is 30.9. The van der Waals surface area contributed by atoms with Crippen LogP contribution in [0.3, 0.4) is 0 Å². The van der Waals surface area contributed by atoms with Crippen molar-refractivity contribution in [3.63, 3.8) is 0 Å². The SMILES string of the molecule is Cc1nc(-c2c(-c3nn(C(C)(C)C)c4ncnc(N)c34)noc2C2CC2)ncc1C1CN(C(=O)OCC(=O)N2CCC(CN3CCN(c4ccc5c(N6CCC(=O)NC6=O)nn(C)c5c4F)CC3)CC2)C1. The first-order valence-corrected chi connectivity index (χ1v) is 24.4. The van der Waals surface area contributed by atoms with E-state index in [-0.39, 0.29) is 49.0 Å². The number of hydrogen-bond acceptors (Lipinski definition) is 16. The third-order valence-electron chi connectivity index (χ3n) is 14.6. The molecule has 6 aromatic rings. The quantitative estimate of drug-likeness (QED) is 0.192. The molecule has 372 valence electrons. The Labute approximate surface area is 407 Å². The number of fused-ring (bicyclic) bond motifs is 2. The van der Waals surface area contributed by atoms with Gasteiger partial charge >= 0.3 is 12.1 Å². The number of amides is 5. The molecule has 0 atom stereocenters. The van der Waals surface area contributed by atoms with Crippen LogP contribution in [0.1, 0.15) is 81.7 Å². The lowest BCUT2D eigenvalue weighted by Gasteiger charge is -2.40. The van der Waals surface area contributed by atoms with Crippen molar-refractivity contribution >= 4 is 63.2 Å². The van der Waals surface area contributed by atoms with Crippen molar-refractivity contribution in [1.29, 1.82) is 0 Å². The average molecular weight is 973 g/mol. The van der Waals surface area contributed by atoms with Crippen LogP contribution in [0.4, 0.5) is 31.3 Å². The number of imide groups is 1. The van der Waals surface area contributed by atoms with Gasteiger partial charge in [-0.15, -0.1) is 0 Å². The van der Waals surface area contributed by atoms with Gasteiger partial charge in [-0.2, -0.15) is 10.2 Å². The largest absolute Gasteiger partial charge is 0.439 e. The summed E-state index contributed by atoms with van der Waals surface area (Å²) in [4.78, 5) is 78.3. The normalized spacial score (nSPS) is 18.7. The fourth-order valence-electron chi connectivity index (χ4n) is 10.4. The third-order valence-corrected chi connectivity index (χ3v) is 14.6. The first-order valence-electron chi connectivity index (χ1n) is 24.4. The Bertz CT molecular complexity index is 3100. The number of anilines is 3. The van der Waals surface area contributed by atoms with Crippen molar-refractivity contribution in [3.05, 3.63) is 47.5 Å². The molecule has 4 saturated heterocycles. The Balaban J connectivity index is 0.646. The Morgan fingerprint density at radius 1 is 0.930 bits per heavy atom. The standard InChI is InChI=1S/C48H57FN16O6/c1-26-31(20-51-43(54-26)35-39(58-71-41(35)28-6-7-28)38-36-42(50)52-25-53-45(36)65(56-38)48(2,3)4)29-22-63(23-29)47(69)70-24-34(67)62-13-10-27(11-14-62)21-60-16-18-61(19-17-60)32-9-8-30-40(37(32)49)59(5)57-44(30)64-15-12-33(66)55-46(64)68/h8-9,20,25,27-29H,6-7,10-19,21-24H2,1-5H3,(H2,50,52,53)(H,55,66,68). The molecule has 4 aliphatic heterocycles. The van der Waals surface area contributed by atoms with Crippen LogP contribution in [0.2, 0.25) is 0 Å². The number of carbonyl (C=O) groups is 4. The van der Waals surface area contributed by atoms with Crippen LogP contribution in [0, 0.1) is 18.7 Å². The number of urea groups is 1. The van der Waals surface area contributed by atoms with Crippen molar-refractivity contribution in [3.8, 4) is 22.8 Å². The van der Waals surface area contributed by atoms with E-state index in [1.807, 2.05) is 43.5 Å². The molecule has 11 rings (SSSR count). The molecule has 0 spiro atoms. The number of nitrogens with one attached hydrogen (secondary N) is 1. The van der Waals surface area contributed by atoms with Crippen molar-refractivity contribution < 1.29 is 32.8 Å². The van der Waals surface area contributed by atoms with Crippen LogP contribution >= 0.6 is 0 Å². The Kier molecular flexibility index (Phi) is 11.6. The van der Waals surface area contributed by atoms with Gasteiger partial charge in [-0.3, -0.25) is 29.4 Å². The van der Waals surface area contributed by atoms with Crippen molar-refractivity contribution in [1.82, 2.24) is 64.7 Å². The van der Waals surface area contributed by atoms with Gasteiger partial charge in [0, 0.05) is 108 Å². The van der Waals surface area contributed by atoms with E-state index < -0.39 is 23.5 Å². The summed E-state index contributed by atoms with van der Waals surface area (Å²) in [5, 5.41) is 17.3. The summed E-state index contributed by atoms with van der Waals surface area (Å²) in [5.41, 5.74) is 10.8. The van der Waals surface area contributed by atoms with E-state index in [2.05, 4.69) is 30.4 Å². The minimum atomic E-state index is -0.563. The topological polar surface area (TPSA) is 245 Å². The molecule has 71 heavy (non-hydrogen) atoms. The molecule has 0 radical (unpaired) electrons. The predicted molar refractivity (Wildman–Crippen MR) is 258 cm³/mol. The Hall–Kier alpha value is -7.30. The predicted octanol–water partition coefficient (Wildman–Crippen LogP) is 4.53. The molecular formula is C48H57FN16O6. The number of ether oxygens (including phenoxy) is 1. The molecule has 0 bridgehead atoms. The molecule has 1 aliphatic carbocycles. The smallest absolute Gasteiger partial charge is 0.410 e. The molecule has 5 fully saturated rings. The van der Waals surface area contributed by atoms with E-state index >= 15 is 4.39 Å². The number of carbonyl (C=O) groups excluding carboxylic acids is 4. The maximum Gasteiger partial charge on any atom is 0.410 e. The molecule has 5 aromatic heterocycles. The summed E-state index contributed by atoms with van der Waals surface area (Å²) in [6.07, 6.45) is 6.48. The second-order valence-corrected chi connectivity index (χ2v) is 20.4. The number of aromatic nitrogens is 9. The molecule has 23 heteroatoms. The number of nitrogen functional groups attached to an aromatic ring is 1. The van der Waals surface area contributed by atoms with Crippen LogP contribution < -0.4 is 20.9 Å². The minimum absolute atomic E-state index is 0.000313. The summed E-state index contributed by atoms with van der Waals surface area (Å²) >= 11 is 0. The van der Waals surface area contributed by atoms with Crippen LogP contribution in [-0.2, 0) is 26.9 Å². The first-order chi connectivity index (χ1) is 34.1. The van der Waals surface area contributed by atoms with E-state index in [0.29, 0.717) is 107 Å². The van der Waals surface area contributed by atoms with Gasteiger partial charge in [0.25, 0.3) is 5.91 Å². The van der Waals surface area contributed by atoms with Crippen LogP contribution in [-0.4, -0.2) is 155 Å². The lowest BCUT2D eigenvalue weighted by atomic mass is 9.92. The second-order valence-electron chi connectivity index (χ2n) is 20.4. The van der Waals surface area contributed by atoms with E-state index in [4.69, 9.17) is 30.1 Å². The number of hydrogen-bond donors (Lipinski definition) is 2. The number of nitrogens with zero attached hydrogens (tertiary/aromatic N) is 14. The van der Waals surface area contributed by atoms with Crippen LogP contribution in [0.5, 0.6) is 0 Å². The number of halogens is 1. The van der Waals surface area contributed by atoms with Crippen molar-refractivity contribution in [2.24, 2.45) is 13.0 Å². The summed E-state index contributed by atoms with van der Waals surface area (Å²) in [6.45, 7) is 13.6. The van der Waals surface area contributed by atoms with E-state index in [1.54, 1.807) is 29.0 Å². The zero-order valence-corrected chi connectivity index (χ0v) is 40.5. The van der Waals surface area contributed by atoms with Gasteiger partial charge in [0.05, 0.1) is 22.2 Å². The maximum atomic E-state index is 16.1. The van der Waals surface area contributed by atoms with Crippen molar-refractivity contribution in [2.75, 3.05) is 87.6 Å². The number of piperidine rings is 1. The Morgan fingerprint density at radius 2 is 1.69 bits per heavy atom. The van der Waals surface area contributed by atoms with Crippen molar-refractivity contribution in [2.45, 2.75) is 77.2 Å². The van der Waals surface area contributed by atoms with Gasteiger partial charge in [-0.1, -0.05) is 5.16 Å². The van der Waals surface area contributed by atoms with E-state index in [1.165, 1.54) is 15.9 Å². The summed E-state index contributed by atoms with van der Waals surface area (Å²) in [7, 11) is 1.65. The highest BCUT2D eigenvalue weighted by atomic mass is 19.1.